The van der Waals surface area contributed by atoms with Crippen LogP contribution in [0.25, 0.3) is 0 Å². The summed E-state index contributed by atoms with van der Waals surface area (Å²) in [6, 6.07) is 14.2. The molecule has 3 rings (SSSR count). The first-order valence-corrected chi connectivity index (χ1v) is 8.49. The number of halogens is 1. The second-order valence-electron chi connectivity index (χ2n) is 5.61. The van der Waals surface area contributed by atoms with Crippen LogP contribution in [0.4, 0.5) is 11.6 Å². The second kappa shape index (κ2) is 8.34. The fraction of sp³-hybridized carbons (Fsp3) is 0.158. The van der Waals surface area contributed by atoms with E-state index in [0.29, 0.717) is 40.8 Å². The number of hydrogen-bond acceptors (Lipinski definition) is 7. The first kappa shape index (κ1) is 18.4. The molecule has 0 amide bonds. The molecule has 3 aromatic rings. The lowest BCUT2D eigenvalue weighted by Crippen LogP contribution is -2.07. The molecule has 0 saturated carbocycles. The third kappa shape index (κ3) is 4.63. The fourth-order valence-electron chi connectivity index (χ4n) is 2.45. The van der Waals surface area contributed by atoms with Crippen molar-refractivity contribution in [2.24, 2.45) is 0 Å². The summed E-state index contributed by atoms with van der Waals surface area (Å²) < 4.78 is 5.15. The monoisotopic (exact) mass is 381 g/mol. The molecule has 0 aliphatic carbocycles. The molecule has 0 aliphatic heterocycles. The van der Waals surface area contributed by atoms with Crippen molar-refractivity contribution >= 4 is 23.2 Å². The van der Waals surface area contributed by atoms with Gasteiger partial charge in [-0.1, -0.05) is 17.7 Å². The summed E-state index contributed by atoms with van der Waals surface area (Å²) in [5, 5.41) is 22.4. The number of phenols is 1. The van der Waals surface area contributed by atoms with Crippen molar-refractivity contribution in [1.82, 2.24) is 15.0 Å². The predicted molar refractivity (Wildman–Crippen MR) is 101 cm³/mol. The van der Waals surface area contributed by atoms with Crippen LogP contribution < -0.4 is 10.1 Å². The van der Waals surface area contributed by atoms with Crippen LogP contribution in [0.1, 0.15) is 17.0 Å². The molecule has 8 heteroatoms. The summed E-state index contributed by atoms with van der Waals surface area (Å²) in [6.07, 6.45) is 0.910. The Morgan fingerprint density at radius 2 is 1.89 bits per heavy atom. The van der Waals surface area contributed by atoms with E-state index in [1.165, 1.54) is 7.11 Å². The SMILES string of the molecule is COc1nc(CCc2c(O)cccc2Cl)nc(Nc2ccc(C#N)cc2)n1. The van der Waals surface area contributed by atoms with E-state index in [4.69, 9.17) is 21.6 Å². The maximum absolute atomic E-state index is 9.96. The molecule has 1 aromatic heterocycles. The Morgan fingerprint density at radius 1 is 1.11 bits per heavy atom. The lowest BCUT2D eigenvalue weighted by atomic mass is 10.1. The Kier molecular flexibility index (Phi) is 5.69. The fourth-order valence-corrected chi connectivity index (χ4v) is 2.71. The number of phenolic OH excluding ortho intramolecular Hbond substituents is 1. The average Bonchev–Trinajstić information content (AvgIpc) is 2.68. The number of ether oxygens (including phenoxy) is 1. The molecule has 0 fully saturated rings. The molecule has 0 bridgehead atoms. The van der Waals surface area contributed by atoms with Crippen molar-refractivity contribution in [2.45, 2.75) is 12.8 Å². The predicted octanol–water partition coefficient (Wildman–Crippen LogP) is 3.64. The Hall–Kier alpha value is -3.37. The van der Waals surface area contributed by atoms with Crippen molar-refractivity contribution in [2.75, 3.05) is 12.4 Å². The number of methoxy groups -OCH3 is 1. The van der Waals surface area contributed by atoms with Gasteiger partial charge in [-0.2, -0.15) is 20.2 Å². The highest BCUT2D eigenvalue weighted by molar-refractivity contribution is 6.31. The number of nitrogens with one attached hydrogen (secondary N) is 1. The normalized spacial score (nSPS) is 10.3. The molecule has 0 radical (unpaired) electrons. The van der Waals surface area contributed by atoms with E-state index in [2.05, 4.69) is 26.3 Å². The highest BCUT2D eigenvalue weighted by Gasteiger charge is 2.11. The molecular weight excluding hydrogens is 366 g/mol. The molecule has 27 heavy (non-hydrogen) atoms. The Balaban J connectivity index is 1.79. The molecule has 136 valence electrons. The van der Waals surface area contributed by atoms with Crippen molar-refractivity contribution in [3.05, 3.63) is 64.4 Å². The summed E-state index contributed by atoms with van der Waals surface area (Å²) in [5.41, 5.74) is 1.94. The van der Waals surface area contributed by atoms with E-state index in [1.807, 2.05) is 0 Å². The van der Waals surface area contributed by atoms with Gasteiger partial charge in [0.05, 0.1) is 18.7 Å². The number of hydrogen-bond donors (Lipinski definition) is 2. The maximum Gasteiger partial charge on any atom is 0.321 e. The Bertz CT molecular complexity index is 966. The molecular formula is C19H16ClN5O2. The van der Waals surface area contributed by atoms with Crippen molar-refractivity contribution in [3.63, 3.8) is 0 Å². The summed E-state index contributed by atoms with van der Waals surface area (Å²) in [7, 11) is 1.48. The van der Waals surface area contributed by atoms with Crippen LogP contribution in [0.5, 0.6) is 11.8 Å². The summed E-state index contributed by atoms with van der Waals surface area (Å²) >= 11 is 6.14. The molecule has 2 N–H and O–H groups in total. The Labute approximate surface area is 161 Å². The molecule has 7 nitrogen and oxygen atoms in total. The van der Waals surface area contributed by atoms with Gasteiger partial charge in [0.1, 0.15) is 11.6 Å². The number of nitrogens with zero attached hydrogens (tertiary/aromatic N) is 4. The molecule has 0 unspecified atom stereocenters. The van der Waals surface area contributed by atoms with Crippen LogP contribution in [0, 0.1) is 11.3 Å². The van der Waals surface area contributed by atoms with E-state index in [-0.39, 0.29) is 11.8 Å². The van der Waals surface area contributed by atoms with Gasteiger partial charge >= 0.3 is 6.01 Å². The molecule has 1 heterocycles. The number of anilines is 2. The number of rotatable bonds is 6. The van der Waals surface area contributed by atoms with Crippen molar-refractivity contribution < 1.29 is 9.84 Å². The minimum atomic E-state index is 0.138. The maximum atomic E-state index is 9.96. The topological polar surface area (TPSA) is 104 Å². The van der Waals surface area contributed by atoms with Crippen LogP contribution >= 0.6 is 11.6 Å². The number of aromatic nitrogens is 3. The van der Waals surface area contributed by atoms with Gasteiger partial charge in [-0.15, -0.1) is 0 Å². The largest absolute Gasteiger partial charge is 0.508 e. The standard InChI is InChI=1S/C19H16ClN5O2/c1-27-19-24-17(10-9-14-15(20)3-2-4-16(14)26)23-18(25-19)22-13-7-5-12(11-21)6-8-13/h2-8,26H,9-10H2,1H3,(H,22,23,24,25). The number of nitriles is 1. The Morgan fingerprint density at radius 3 is 2.56 bits per heavy atom. The molecule has 0 saturated heterocycles. The lowest BCUT2D eigenvalue weighted by molar-refractivity contribution is 0.376. The first-order chi connectivity index (χ1) is 13.1. The number of aromatic hydroxyl groups is 1. The van der Waals surface area contributed by atoms with Gasteiger partial charge in [0.25, 0.3) is 0 Å². The lowest BCUT2D eigenvalue weighted by Gasteiger charge is -2.09. The van der Waals surface area contributed by atoms with Crippen molar-refractivity contribution in [1.29, 1.82) is 5.26 Å². The zero-order valence-electron chi connectivity index (χ0n) is 14.5. The smallest absolute Gasteiger partial charge is 0.321 e. The van der Waals surface area contributed by atoms with Gasteiger partial charge in [0.15, 0.2) is 0 Å². The number of aryl methyl sites for hydroxylation is 1. The van der Waals surface area contributed by atoms with Gasteiger partial charge in [-0.3, -0.25) is 0 Å². The van der Waals surface area contributed by atoms with E-state index in [9.17, 15) is 5.11 Å². The van der Waals surface area contributed by atoms with E-state index in [0.717, 1.165) is 5.69 Å². The van der Waals surface area contributed by atoms with Gasteiger partial charge in [0, 0.05) is 22.7 Å². The number of benzene rings is 2. The van der Waals surface area contributed by atoms with Crippen LogP contribution in [0.3, 0.4) is 0 Å². The van der Waals surface area contributed by atoms with Crippen LogP contribution in [0.15, 0.2) is 42.5 Å². The summed E-state index contributed by atoms with van der Waals surface area (Å²) in [5.74, 6) is 0.960. The molecule has 2 aromatic carbocycles. The summed E-state index contributed by atoms with van der Waals surface area (Å²) in [6.45, 7) is 0. The third-order valence-corrected chi connectivity index (χ3v) is 4.16. The minimum Gasteiger partial charge on any atom is -0.508 e. The van der Waals surface area contributed by atoms with Gasteiger partial charge in [-0.25, -0.2) is 0 Å². The van der Waals surface area contributed by atoms with Crippen molar-refractivity contribution in [3.8, 4) is 17.8 Å². The highest BCUT2D eigenvalue weighted by atomic mass is 35.5. The van der Waals surface area contributed by atoms with Gasteiger partial charge in [-0.05, 0) is 42.8 Å². The van der Waals surface area contributed by atoms with E-state index >= 15 is 0 Å². The molecule has 0 atom stereocenters. The molecule has 0 aliphatic rings. The first-order valence-electron chi connectivity index (χ1n) is 8.11. The van der Waals surface area contributed by atoms with E-state index < -0.39 is 0 Å². The zero-order chi connectivity index (χ0) is 19.2. The minimum absolute atomic E-state index is 0.138. The quantitative estimate of drug-likeness (QED) is 0.671. The summed E-state index contributed by atoms with van der Waals surface area (Å²) in [4.78, 5) is 12.8. The van der Waals surface area contributed by atoms with Gasteiger partial charge in [0.2, 0.25) is 5.95 Å². The van der Waals surface area contributed by atoms with Gasteiger partial charge < -0.3 is 15.2 Å². The average molecular weight is 382 g/mol. The van der Waals surface area contributed by atoms with Crippen LogP contribution in [-0.4, -0.2) is 27.2 Å². The van der Waals surface area contributed by atoms with E-state index in [1.54, 1.807) is 42.5 Å². The highest BCUT2D eigenvalue weighted by Crippen LogP contribution is 2.26. The second-order valence-corrected chi connectivity index (χ2v) is 6.02. The third-order valence-electron chi connectivity index (χ3n) is 3.81. The zero-order valence-corrected chi connectivity index (χ0v) is 15.2. The van der Waals surface area contributed by atoms with Crippen LogP contribution in [-0.2, 0) is 12.8 Å². The van der Waals surface area contributed by atoms with Crippen LogP contribution in [0.2, 0.25) is 5.02 Å². The molecule has 0 spiro atoms.